The van der Waals surface area contributed by atoms with E-state index < -0.39 is 0 Å². The number of aryl methyl sites for hydroxylation is 1. The quantitative estimate of drug-likeness (QED) is 0.608. The molecule has 0 amide bonds. The Hall–Kier alpha value is -2.47. The molecule has 3 aromatic rings. The van der Waals surface area contributed by atoms with Crippen molar-refractivity contribution in [1.82, 2.24) is 9.61 Å². The molecule has 3 nitrogen and oxygen atoms in total. The maximum absolute atomic E-state index is 5.62. The normalized spacial score (nSPS) is 10.3. The summed E-state index contributed by atoms with van der Waals surface area (Å²) in [5.41, 5.74) is 2.74. The molecule has 0 aliphatic carbocycles. The zero-order valence-electron chi connectivity index (χ0n) is 10.1. The fourth-order valence-electron chi connectivity index (χ4n) is 1.80. The smallest absolute Gasteiger partial charge is 0.222 e. The van der Waals surface area contributed by atoms with Crippen molar-refractivity contribution in [2.45, 2.75) is 13.3 Å². The fourth-order valence-corrected chi connectivity index (χ4v) is 1.80. The van der Waals surface area contributed by atoms with Crippen LogP contribution in [0.15, 0.2) is 47.0 Å². The fraction of sp³-hybridized carbons (Fsp3) is 0.133. The van der Waals surface area contributed by atoms with E-state index in [4.69, 9.17) is 4.42 Å². The molecule has 2 heterocycles. The molecule has 0 spiro atoms. The molecule has 3 heteroatoms. The van der Waals surface area contributed by atoms with Crippen molar-refractivity contribution in [2.75, 3.05) is 0 Å². The van der Waals surface area contributed by atoms with Gasteiger partial charge in [0.25, 0.3) is 0 Å². The lowest BCUT2D eigenvalue weighted by molar-refractivity contribution is 0.562. The van der Waals surface area contributed by atoms with Gasteiger partial charge in [-0.25, -0.2) is 4.52 Å². The number of rotatable bonds is 1. The van der Waals surface area contributed by atoms with Crippen molar-refractivity contribution in [3.63, 3.8) is 0 Å². The predicted molar refractivity (Wildman–Crippen MR) is 69.2 cm³/mol. The number of oxazole rings is 1. The van der Waals surface area contributed by atoms with Crippen LogP contribution in [-0.2, 0) is 6.42 Å². The molecular weight excluding hydrogens is 224 g/mol. The molecule has 0 atom stereocenters. The number of hydrogen-bond donors (Lipinski definition) is 0. The molecule has 0 aliphatic heterocycles. The van der Waals surface area contributed by atoms with Gasteiger partial charge in [0.15, 0.2) is 0 Å². The molecule has 0 radical (unpaired) electrons. The number of fused-ring (bicyclic) bond motifs is 1. The minimum Gasteiger partial charge on any atom is -0.441 e. The Bertz CT molecular complexity index is 695. The van der Waals surface area contributed by atoms with Gasteiger partial charge in [-0.2, -0.15) is 5.10 Å². The zero-order valence-corrected chi connectivity index (χ0v) is 10.1. The van der Waals surface area contributed by atoms with Crippen LogP contribution in [0, 0.1) is 18.8 Å². The maximum atomic E-state index is 5.62. The molecule has 0 saturated heterocycles. The van der Waals surface area contributed by atoms with Crippen LogP contribution < -0.4 is 0 Å². The van der Waals surface area contributed by atoms with Crippen molar-refractivity contribution in [2.24, 2.45) is 0 Å². The number of nitrogens with zero attached hydrogens (tertiary/aromatic N) is 2. The highest BCUT2D eigenvalue weighted by Crippen LogP contribution is 2.11. The minimum atomic E-state index is 0.595. The third kappa shape index (κ3) is 2.14. The SMILES string of the molecule is Cc1cc2oc(CC#Cc3ccccc3)cn2n1. The van der Waals surface area contributed by atoms with E-state index in [-0.39, 0.29) is 0 Å². The number of benzene rings is 1. The Balaban J connectivity index is 1.77. The van der Waals surface area contributed by atoms with Gasteiger partial charge in [0.1, 0.15) is 5.76 Å². The maximum Gasteiger partial charge on any atom is 0.222 e. The Morgan fingerprint density at radius 1 is 1.28 bits per heavy atom. The van der Waals surface area contributed by atoms with Gasteiger partial charge in [-0.05, 0) is 19.1 Å². The second-order valence-corrected chi connectivity index (χ2v) is 4.11. The van der Waals surface area contributed by atoms with Crippen molar-refractivity contribution in [1.29, 1.82) is 0 Å². The largest absolute Gasteiger partial charge is 0.441 e. The van der Waals surface area contributed by atoms with Crippen LogP contribution in [0.1, 0.15) is 17.0 Å². The third-order valence-corrected chi connectivity index (χ3v) is 2.59. The lowest BCUT2D eigenvalue weighted by Crippen LogP contribution is -1.82. The Morgan fingerprint density at radius 3 is 2.89 bits per heavy atom. The molecule has 0 unspecified atom stereocenters. The lowest BCUT2D eigenvalue weighted by Gasteiger charge is -1.86. The first-order chi connectivity index (χ1) is 8.81. The molecular formula is C15H12N2O. The van der Waals surface area contributed by atoms with Gasteiger partial charge >= 0.3 is 0 Å². The third-order valence-electron chi connectivity index (χ3n) is 2.59. The predicted octanol–water partition coefficient (Wildman–Crippen LogP) is 2.83. The molecule has 0 bridgehead atoms. The van der Waals surface area contributed by atoms with E-state index in [0.29, 0.717) is 6.42 Å². The van der Waals surface area contributed by atoms with Gasteiger partial charge < -0.3 is 4.42 Å². The van der Waals surface area contributed by atoms with Crippen LogP contribution in [0.3, 0.4) is 0 Å². The number of hydrogen-bond acceptors (Lipinski definition) is 2. The second kappa shape index (κ2) is 4.42. The van der Waals surface area contributed by atoms with Crippen molar-refractivity contribution >= 4 is 5.71 Å². The highest BCUT2D eigenvalue weighted by atomic mass is 16.4. The molecule has 3 rings (SSSR count). The van der Waals surface area contributed by atoms with E-state index in [1.165, 1.54) is 0 Å². The summed E-state index contributed by atoms with van der Waals surface area (Å²) < 4.78 is 7.37. The Labute approximate surface area is 105 Å². The van der Waals surface area contributed by atoms with Crippen molar-refractivity contribution in [3.05, 3.63) is 59.6 Å². The van der Waals surface area contributed by atoms with Crippen molar-refractivity contribution in [3.8, 4) is 11.8 Å². The summed E-state index contributed by atoms with van der Waals surface area (Å²) in [6.07, 6.45) is 2.47. The first kappa shape index (κ1) is 10.7. The first-order valence-electron chi connectivity index (χ1n) is 5.80. The van der Waals surface area contributed by atoms with Crippen molar-refractivity contribution < 1.29 is 4.42 Å². The average Bonchev–Trinajstić information content (AvgIpc) is 2.87. The van der Waals surface area contributed by atoms with E-state index in [1.54, 1.807) is 4.52 Å². The highest BCUT2D eigenvalue weighted by Gasteiger charge is 2.04. The molecule has 0 saturated carbocycles. The lowest BCUT2D eigenvalue weighted by atomic mass is 10.2. The summed E-state index contributed by atoms with van der Waals surface area (Å²) in [4.78, 5) is 0. The van der Waals surface area contributed by atoms with E-state index >= 15 is 0 Å². The monoisotopic (exact) mass is 236 g/mol. The van der Waals surface area contributed by atoms with E-state index in [9.17, 15) is 0 Å². The molecule has 2 aromatic heterocycles. The van der Waals surface area contributed by atoms with Gasteiger partial charge in [-0.15, -0.1) is 0 Å². The molecule has 18 heavy (non-hydrogen) atoms. The van der Waals surface area contributed by atoms with Crippen LogP contribution in [0.4, 0.5) is 0 Å². The average molecular weight is 236 g/mol. The standard InChI is InChI=1S/C15H12N2O/c1-12-10-15-17(16-12)11-14(18-15)9-5-8-13-6-3-2-4-7-13/h2-4,6-7,10-11H,9H2,1H3. The molecule has 88 valence electrons. The summed E-state index contributed by atoms with van der Waals surface area (Å²) in [6, 6.07) is 11.8. The van der Waals surface area contributed by atoms with Crippen LogP contribution in [-0.4, -0.2) is 9.61 Å². The van der Waals surface area contributed by atoms with Crippen LogP contribution in [0.25, 0.3) is 5.71 Å². The van der Waals surface area contributed by atoms with Crippen LogP contribution >= 0.6 is 0 Å². The Kier molecular flexibility index (Phi) is 2.62. The van der Waals surface area contributed by atoms with Gasteiger partial charge in [-0.3, -0.25) is 0 Å². The summed E-state index contributed by atoms with van der Waals surface area (Å²) >= 11 is 0. The molecule has 0 fully saturated rings. The summed E-state index contributed by atoms with van der Waals surface area (Å²) in [5, 5.41) is 4.27. The summed E-state index contributed by atoms with van der Waals surface area (Å²) in [7, 11) is 0. The zero-order chi connectivity index (χ0) is 12.4. The van der Waals surface area contributed by atoms with E-state index in [2.05, 4.69) is 16.9 Å². The first-order valence-corrected chi connectivity index (χ1v) is 5.80. The van der Waals surface area contributed by atoms with Crippen LogP contribution in [0.2, 0.25) is 0 Å². The van der Waals surface area contributed by atoms with Gasteiger partial charge in [-0.1, -0.05) is 30.0 Å². The Morgan fingerprint density at radius 2 is 2.11 bits per heavy atom. The van der Waals surface area contributed by atoms with Gasteiger partial charge in [0.05, 0.1) is 18.3 Å². The number of aromatic nitrogens is 2. The minimum absolute atomic E-state index is 0.595. The molecule has 0 aliphatic rings. The van der Waals surface area contributed by atoms with E-state index in [0.717, 1.165) is 22.7 Å². The molecule has 0 N–H and O–H groups in total. The summed E-state index contributed by atoms with van der Waals surface area (Å²) in [6.45, 7) is 1.94. The van der Waals surface area contributed by atoms with Crippen LogP contribution in [0.5, 0.6) is 0 Å². The van der Waals surface area contributed by atoms with E-state index in [1.807, 2.05) is 49.5 Å². The van der Waals surface area contributed by atoms with Gasteiger partial charge in [0.2, 0.25) is 5.71 Å². The highest BCUT2D eigenvalue weighted by molar-refractivity contribution is 5.37. The second-order valence-electron chi connectivity index (χ2n) is 4.11. The summed E-state index contributed by atoms with van der Waals surface area (Å²) in [5.74, 6) is 7.03. The van der Waals surface area contributed by atoms with Gasteiger partial charge in [0, 0.05) is 11.6 Å². The topological polar surface area (TPSA) is 30.4 Å². The molecule has 1 aromatic carbocycles.